The van der Waals surface area contributed by atoms with E-state index < -0.39 is 5.54 Å². The SMILES string of the molecule is CCCC(C)(Nc1cc(Cl)nnc1Cl)C(=O)OC. The van der Waals surface area contributed by atoms with E-state index in [0.717, 1.165) is 6.42 Å². The summed E-state index contributed by atoms with van der Waals surface area (Å²) >= 11 is 11.7. The van der Waals surface area contributed by atoms with Crippen LogP contribution in [0.5, 0.6) is 0 Å². The molecule has 0 aliphatic rings. The van der Waals surface area contributed by atoms with Gasteiger partial charge in [-0.1, -0.05) is 36.5 Å². The van der Waals surface area contributed by atoms with E-state index in [2.05, 4.69) is 15.5 Å². The molecule has 1 aromatic rings. The average molecular weight is 292 g/mol. The van der Waals surface area contributed by atoms with Crippen LogP contribution in [0.3, 0.4) is 0 Å². The first-order valence-electron chi connectivity index (χ1n) is 5.48. The quantitative estimate of drug-likeness (QED) is 0.845. The smallest absolute Gasteiger partial charge is 0.331 e. The van der Waals surface area contributed by atoms with E-state index in [1.807, 2.05) is 6.92 Å². The molecule has 1 heterocycles. The van der Waals surface area contributed by atoms with Crippen LogP contribution < -0.4 is 5.32 Å². The van der Waals surface area contributed by atoms with Crippen molar-refractivity contribution in [3.8, 4) is 0 Å². The van der Waals surface area contributed by atoms with Gasteiger partial charge in [-0.3, -0.25) is 0 Å². The summed E-state index contributed by atoms with van der Waals surface area (Å²) in [5.74, 6) is -0.367. The second-order valence-corrected chi connectivity index (χ2v) is 4.82. The summed E-state index contributed by atoms with van der Waals surface area (Å²) in [7, 11) is 1.34. The summed E-state index contributed by atoms with van der Waals surface area (Å²) < 4.78 is 4.80. The van der Waals surface area contributed by atoms with Crippen LogP contribution in [0.15, 0.2) is 6.07 Å². The fourth-order valence-corrected chi connectivity index (χ4v) is 1.97. The van der Waals surface area contributed by atoms with E-state index in [1.165, 1.54) is 13.2 Å². The van der Waals surface area contributed by atoms with Crippen LogP contribution in [0, 0.1) is 0 Å². The lowest BCUT2D eigenvalue weighted by Gasteiger charge is -2.28. The minimum atomic E-state index is -0.875. The van der Waals surface area contributed by atoms with Gasteiger partial charge in [0.1, 0.15) is 5.54 Å². The number of esters is 1. The Morgan fingerprint density at radius 2 is 2.17 bits per heavy atom. The maximum absolute atomic E-state index is 11.8. The maximum Gasteiger partial charge on any atom is 0.331 e. The number of hydrogen-bond donors (Lipinski definition) is 1. The van der Waals surface area contributed by atoms with Gasteiger partial charge in [0.25, 0.3) is 0 Å². The van der Waals surface area contributed by atoms with Crippen molar-refractivity contribution in [3.05, 3.63) is 16.4 Å². The molecule has 0 aliphatic heterocycles. The molecule has 0 amide bonds. The van der Waals surface area contributed by atoms with Crippen molar-refractivity contribution in [1.82, 2.24) is 10.2 Å². The lowest BCUT2D eigenvalue weighted by Crippen LogP contribution is -2.44. The highest BCUT2D eigenvalue weighted by atomic mass is 35.5. The molecular weight excluding hydrogens is 277 g/mol. The number of halogens is 2. The zero-order valence-corrected chi connectivity index (χ0v) is 12.0. The molecule has 0 spiro atoms. The predicted octanol–water partition coefficient (Wildman–Crippen LogP) is 2.93. The topological polar surface area (TPSA) is 64.1 Å². The first-order valence-corrected chi connectivity index (χ1v) is 6.24. The maximum atomic E-state index is 11.8. The van der Waals surface area contributed by atoms with Gasteiger partial charge in [-0.25, -0.2) is 4.79 Å². The third-order valence-electron chi connectivity index (χ3n) is 2.52. The van der Waals surface area contributed by atoms with Crippen LogP contribution in [-0.2, 0) is 9.53 Å². The van der Waals surface area contributed by atoms with Gasteiger partial charge in [0.2, 0.25) is 0 Å². The first kappa shape index (κ1) is 15.0. The molecule has 0 aliphatic carbocycles. The van der Waals surface area contributed by atoms with Gasteiger partial charge in [0, 0.05) is 6.07 Å². The fourth-order valence-electron chi connectivity index (χ4n) is 1.68. The van der Waals surface area contributed by atoms with E-state index >= 15 is 0 Å². The minimum Gasteiger partial charge on any atom is -0.467 e. The van der Waals surface area contributed by atoms with Gasteiger partial charge >= 0.3 is 5.97 Å². The standard InChI is InChI=1S/C11H15Cl2N3O2/c1-4-5-11(2,10(17)18-3)14-7-6-8(12)15-16-9(7)13/h6H,4-5H2,1-3H3,(H,14,15). The second kappa shape index (κ2) is 6.20. The van der Waals surface area contributed by atoms with Gasteiger partial charge in [-0.05, 0) is 13.3 Å². The van der Waals surface area contributed by atoms with Gasteiger partial charge in [-0.2, -0.15) is 0 Å². The highest BCUT2D eigenvalue weighted by Gasteiger charge is 2.34. The van der Waals surface area contributed by atoms with Crippen LogP contribution in [0.25, 0.3) is 0 Å². The summed E-state index contributed by atoms with van der Waals surface area (Å²) in [5, 5.41) is 10.7. The molecule has 7 heteroatoms. The number of anilines is 1. The molecule has 18 heavy (non-hydrogen) atoms. The molecule has 100 valence electrons. The van der Waals surface area contributed by atoms with Gasteiger partial charge in [0.15, 0.2) is 10.3 Å². The largest absolute Gasteiger partial charge is 0.467 e. The van der Waals surface area contributed by atoms with Gasteiger partial charge in [0.05, 0.1) is 12.8 Å². The van der Waals surface area contributed by atoms with Crippen molar-refractivity contribution < 1.29 is 9.53 Å². The summed E-state index contributed by atoms with van der Waals surface area (Å²) in [5.41, 5.74) is -0.419. The molecule has 0 fully saturated rings. The molecule has 1 N–H and O–H groups in total. The summed E-state index contributed by atoms with van der Waals surface area (Å²) in [6, 6.07) is 1.52. The Balaban J connectivity index is 3.03. The van der Waals surface area contributed by atoms with Crippen LogP contribution in [0.2, 0.25) is 10.3 Å². The number of methoxy groups -OCH3 is 1. The van der Waals surface area contributed by atoms with Crippen molar-refractivity contribution in [2.75, 3.05) is 12.4 Å². The van der Waals surface area contributed by atoms with Crippen LogP contribution >= 0.6 is 23.2 Å². The van der Waals surface area contributed by atoms with Crippen molar-refractivity contribution >= 4 is 34.9 Å². The summed E-state index contributed by atoms with van der Waals surface area (Å²) in [4.78, 5) is 11.8. The van der Waals surface area contributed by atoms with Crippen molar-refractivity contribution in [3.63, 3.8) is 0 Å². The van der Waals surface area contributed by atoms with E-state index in [4.69, 9.17) is 27.9 Å². The molecule has 0 saturated heterocycles. The monoisotopic (exact) mass is 291 g/mol. The van der Waals surface area contributed by atoms with E-state index in [9.17, 15) is 4.79 Å². The molecule has 0 bridgehead atoms. The fraction of sp³-hybridized carbons (Fsp3) is 0.545. The van der Waals surface area contributed by atoms with E-state index in [0.29, 0.717) is 12.1 Å². The van der Waals surface area contributed by atoms with Crippen LogP contribution in [-0.4, -0.2) is 28.8 Å². The Hall–Kier alpha value is -1.07. The molecule has 1 unspecified atom stereocenters. The zero-order chi connectivity index (χ0) is 13.8. The number of aromatic nitrogens is 2. The number of rotatable bonds is 5. The number of carbonyl (C=O) groups excluding carboxylic acids is 1. The Bertz CT molecular complexity index is 442. The summed E-state index contributed by atoms with van der Waals surface area (Å²) in [6.45, 7) is 3.72. The Labute approximate surface area is 116 Å². The van der Waals surface area contributed by atoms with E-state index in [-0.39, 0.29) is 16.3 Å². The molecular formula is C11H15Cl2N3O2. The van der Waals surface area contributed by atoms with Gasteiger partial charge < -0.3 is 10.1 Å². The first-order chi connectivity index (χ1) is 8.42. The number of ether oxygens (including phenoxy) is 1. The molecule has 0 aromatic carbocycles. The second-order valence-electron chi connectivity index (χ2n) is 4.07. The van der Waals surface area contributed by atoms with E-state index in [1.54, 1.807) is 6.92 Å². The third kappa shape index (κ3) is 3.46. The molecule has 0 radical (unpaired) electrons. The average Bonchev–Trinajstić information content (AvgIpc) is 2.33. The number of carbonyl (C=O) groups is 1. The predicted molar refractivity (Wildman–Crippen MR) is 71.0 cm³/mol. The Morgan fingerprint density at radius 1 is 1.50 bits per heavy atom. The minimum absolute atomic E-state index is 0.158. The van der Waals surface area contributed by atoms with Crippen molar-refractivity contribution in [2.24, 2.45) is 0 Å². The highest BCUT2D eigenvalue weighted by Crippen LogP contribution is 2.27. The number of nitrogens with one attached hydrogen (secondary N) is 1. The zero-order valence-electron chi connectivity index (χ0n) is 10.5. The molecule has 1 atom stereocenters. The number of hydrogen-bond acceptors (Lipinski definition) is 5. The van der Waals surface area contributed by atoms with Gasteiger partial charge in [-0.15, -0.1) is 10.2 Å². The van der Waals surface area contributed by atoms with Crippen molar-refractivity contribution in [1.29, 1.82) is 0 Å². The van der Waals surface area contributed by atoms with Crippen LogP contribution in [0.4, 0.5) is 5.69 Å². The Morgan fingerprint density at radius 3 is 2.72 bits per heavy atom. The lowest BCUT2D eigenvalue weighted by molar-refractivity contribution is -0.145. The normalized spacial score (nSPS) is 13.8. The number of nitrogens with zero attached hydrogens (tertiary/aromatic N) is 2. The third-order valence-corrected chi connectivity index (χ3v) is 2.98. The highest BCUT2D eigenvalue weighted by molar-refractivity contribution is 6.33. The van der Waals surface area contributed by atoms with Crippen LogP contribution in [0.1, 0.15) is 26.7 Å². The lowest BCUT2D eigenvalue weighted by atomic mass is 9.96. The molecule has 0 saturated carbocycles. The summed E-state index contributed by atoms with van der Waals surface area (Å²) in [6.07, 6.45) is 1.40. The molecule has 5 nitrogen and oxygen atoms in total. The Kier molecular flexibility index (Phi) is 5.16. The molecule has 1 aromatic heterocycles. The molecule has 1 rings (SSSR count). The van der Waals surface area contributed by atoms with Crippen molar-refractivity contribution in [2.45, 2.75) is 32.2 Å².